The van der Waals surface area contributed by atoms with Crippen molar-refractivity contribution in [3.05, 3.63) is 23.8 Å². The molecule has 8 heteroatoms. The van der Waals surface area contributed by atoms with E-state index in [2.05, 4.69) is 0 Å². The van der Waals surface area contributed by atoms with Crippen molar-refractivity contribution in [3.8, 4) is 11.5 Å². The van der Waals surface area contributed by atoms with Crippen molar-refractivity contribution in [2.75, 3.05) is 46.7 Å². The Hall–Kier alpha value is -1.80. The zero-order chi connectivity index (χ0) is 17.7. The number of nitrogens with zero attached hydrogens (tertiary/aromatic N) is 2. The van der Waals surface area contributed by atoms with Gasteiger partial charge in [0.25, 0.3) is 0 Å². The molecule has 1 fully saturated rings. The second kappa shape index (κ2) is 7.85. The van der Waals surface area contributed by atoms with E-state index in [1.165, 1.54) is 10.6 Å². The van der Waals surface area contributed by atoms with Crippen LogP contribution in [-0.4, -0.2) is 70.2 Å². The molecule has 1 aliphatic rings. The lowest BCUT2D eigenvalue weighted by Gasteiger charge is -2.21. The number of sulfonamides is 1. The van der Waals surface area contributed by atoms with Gasteiger partial charge in [-0.1, -0.05) is 6.07 Å². The van der Waals surface area contributed by atoms with Crippen LogP contribution >= 0.6 is 0 Å². The number of rotatable bonds is 5. The molecule has 1 heterocycles. The smallest absolute Gasteiger partial charge is 0.227 e. The maximum Gasteiger partial charge on any atom is 0.227 e. The molecular weight excluding hydrogens is 332 g/mol. The van der Waals surface area contributed by atoms with Crippen LogP contribution in [0.15, 0.2) is 18.2 Å². The lowest BCUT2D eigenvalue weighted by atomic mass is 10.1. The Balaban J connectivity index is 2.05. The van der Waals surface area contributed by atoms with Gasteiger partial charge in [-0.25, -0.2) is 12.7 Å². The molecule has 24 heavy (non-hydrogen) atoms. The summed E-state index contributed by atoms with van der Waals surface area (Å²) in [5.74, 6) is 1.24. The molecule has 0 aromatic heterocycles. The highest BCUT2D eigenvalue weighted by Gasteiger charge is 2.24. The van der Waals surface area contributed by atoms with E-state index in [1.807, 2.05) is 6.07 Å². The molecule has 1 aromatic carbocycles. The maximum absolute atomic E-state index is 12.6. The predicted molar refractivity (Wildman–Crippen MR) is 90.9 cm³/mol. The van der Waals surface area contributed by atoms with E-state index in [0.717, 1.165) is 5.56 Å². The van der Waals surface area contributed by atoms with Crippen molar-refractivity contribution in [2.24, 2.45) is 0 Å². The minimum absolute atomic E-state index is 0.0335. The first-order chi connectivity index (χ1) is 11.3. The minimum Gasteiger partial charge on any atom is -0.497 e. The van der Waals surface area contributed by atoms with Crippen molar-refractivity contribution >= 4 is 15.9 Å². The van der Waals surface area contributed by atoms with Crippen LogP contribution < -0.4 is 9.47 Å². The molecule has 0 saturated carbocycles. The van der Waals surface area contributed by atoms with Crippen LogP contribution in [0.4, 0.5) is 0 Å². The molecule has 2 rings (SSSR count). The summed E-state index contributed by atoms with van der Waals surface area (Å²) in [5, 5.41) is 0. The highest BCUT2D eigenvalue weighted by Crippen LogP contribution is 2.25. The fourth-order valence-corrected chi connectivity index (χ4v) is 3.62. The maximum atomic E-state index is 12.6. The van der Waals surface area contributed by atoms with E-state index in [9.17, 15) is 13.2 Å². The number of carbonyl (C=O) groups is 1. The van der Waals surface area contributed by atoms with Crippen molar-refractivity contribution < 1.29 is 22.7 Å². The van der Waals surface area contributed by atoms with Crippen LogP contribution in [0.5, 0.6) is 11.5 Å². The molecule has 1 aliphatic heterocycles. The van der Waals surface area contributed by atoms with E-state index in [0.29, 0.717) is 44.1 Å². The molecule has 0 atom stereocenters. The Morgan fingerprint density at radius 2 is 1.88 bits per heavy atom. The molecular formula is C16H24N2O5S. The van der Waals surface area contributed by atoms with Gasteiger partial charge in [-0.15, -0.1) is 0 Å². The summed E-state index contributed by atoms with van der Waals surface area (Å²) >= 11 is 0. The van der Waals surface area contributed by atoms with Crippen molar-refractivity contribution in [1.29, 1.82) is 0 Å². The van der Waals surface area contributed by atoms with Crippen molar-refractivity contribution in [1.82, 2.24) is 9.21 Å². The van der Waals surface area contributed by atoms with Gasteiger partial charge < -0.3 is 14.4 Å². The number of ether oxygens (including phenoxy) is 2. The van der Waals surface area contributed by atoms with E-state index in [-0.39, 0.29) is 12.3 Å². The number of carbonyl (C=O) groups excluding carboxylic acids is 1. The Labute approximate surface area is 143 Å². The van der Waals surface area contributed by atoms with Gasteiger partial charge in [0.15, 0.2) is 0 Å². The lowest BCUT2D eigenvalue weighted by molar-refractivity contribution is -0.130. The van der Waals surface area contributed by atoms with Gasteiger partial charge in [-0.3, -0.25) is 4.79 Å². The van der Waals surface area contributed by atoms with E-state index >= 15 is 0 Å². The van der Waals surface area contributed by atoms with Crippen LogP contribution in [-0.2, 0) is 21.2 Å². The standard InChI is InChI=1S/C16H24N2O5S/c1-22-14-6-5-13(15(12-14)23-2)11-16(19)17-7-4-8-18(10-9-17)24(3,20)21/h5-6,12H,4,7-11H2,1-3H3. The van der Waals surface area contributed by atoms with Crippen LogP contribution in [0.2, 0.25) is 0 Å². The third kappa shape index (κ3) is 4.61. The highest BCUT2D eigenvalue weighted by molar-refractivity contribution is 7.88. The molecule has 0 N–H and O–H groups in total. The first-order valence-electron chi connectivity index (χ1n) is 7.79. The molecule has 1 amide bonds. The van der Waals surface area contributed by atoms with Crippen LogP contribution in [0.1, 0.15) is 12.0 Å². The molecule has 7 nitrogen and oxygen atoms in total. The summed E-state index contributed by atoms with van der Waals surface area (Å²) in [4.78, 5) is 14.3. The average molecular weight is 356 g/mol. The Morgan fingerprint density at radius 3 is 2.50 bits per heavy atom. The first-order valence-corrected chi connectivity index (χ1v) is 9.63. The van der Waals surface area contributed by atoms with Crippen LogP contribution in [0, 0.1) is 0 Å². The quantitative estimate of drug-likeness (QED) is 0.778. The van der Waals surface area contributed by atoms with E-state index < -0.39 is 10.0 Å². The lowest BCUT2D eigenvalue weighted by Crippen LogP contribution is -2.37. The molecule has 0 radical (unpaired) electrons. The number of amides is 1. The fourth-order valence-electron chi connectivity index (χ4n) is 2.75. The minimum atomic E-state index is -3.21. The van der Waals surface area contributed by atoms with E-state index in [4.69, 9.17) is 9.47 Å². The second-order valence-electron chi connectivity index (χ2n) is 5.75. The van der Waals surface area contributed by atoms with Gasteiger partial charge >= 0.3 is 0 Å². The topological polar surface area (TPSA) is 76.2 Å². The monoisotopic (exact) mass is 356 g/mol. The zero-order valence-corrected chi connectivity index (χ0v) is 15.1. The van der Waals surface area contributed by atoms with Gasteiger partial charge in [0.1, 0.15) is 11.5 Å². The molecule has 1 saturated heterocycles. The number of hydrogen-bond acceptors (Lipinski definition) is 5. The summed E-state index contributed by atoms with van der Waals surface area (Å²) in [7, 11) is -0.0861. The number of benzene rings is 1. The third-order valence-electron chi connectivity index (χ3n) is 4.11. The van der Waals surface area contributed by atoms with Gasteiger partial charge in [-0.05, 0) is 12.5 Å². The van der Waals surface area contributed by atoms with Gasteiger partial charge in [0.2, 0.25) is 15.9 Å². The summed E-state index contributed by atoms with van der Waals surface area (Å²) in [5.41, 5.74) is 0.785. The molecule has 1 aromatic rings. The highest BCUT2D eigenvalue weighted by atomic mass is 32.2. The van der Waals surface area contributed by atoms with Crippen molar-refractivity contribution in [2.45, 2.75) is 12.8 Å². The van der Waals surface area contributed by atoms with Gasteiger partial charge in [0.05, 0.1) is 26.9 Å². The SMILES string of the molecule is COc1ccc(CC(=O)N2CCCN(S(C)(=O)=O)CC2)c(OC)c1. The Bertz CT molecular complexity index is 690. The Morgan fingerprint density at radius 1 is 1.12 bits per heavy atom. The van der Waals surface area contributed by atoms with Crippen LogP contribution in [0.3, 0.4) is 0 Å². The molecule has 134 valence electrons. The number of methoxy groups -OCH3 is 2. The summed E-state index contributed by atoms with van der Waals surface area (Å²) < 4.78 is 35.2. The van der Waals surface area contributed by atoms with Crippen molar-refractivity contribution in [3.63, 3.8) is 0 Å². The third-order valence-corrected chi connectivity index (χ3v) is 5.42. The van der Waals surface area contributed by atoms with Crippen LogP contribution in [0.25, 0.3) is 0 Å². The predicted octanol–water partition coefficient (Wildman–Crippen LogP) is 0.740. The molecule has 0 aliphatic carbocycles. The van der Waals surface area contributed by atoms with Gasteiger partial charge in [0, 0.05) is 37.8 Å². The van der Waals surface area contributed by atoms with E-state index in [1.54, 1.807) is 31.3 Å². The van der Waals surface area contributed by atoms with Gasteiger partial charge in [-0.2, -0.15) is 0 Å². The second-order valence-corrected chi connectivity index (χ2v) is 7.73. The normalized spacial score (nSPS) is 16.5. The Kier molecular flexibility index (Phi) is 6.06. The summed E-state index contributed by atoms with van der Waals surface area (Å²) in [6.07, 6.45) is 2.05. The summed E-state index contributed by atoms with van der Waals surface area (Å²) in [6, 6.07) is 5.35. The first kappa shape index (κ1) is 18.5. The molecule has 0 bridgehead atoms. The molecule has 0 unspecified atom stereocenters. The number of hydrogen-bond donors (Lipinski definition) is 0. The zero-order valence-electron chi connectivity index (χ0n) is 14.3. The fraction of sp³-hybridized carbons (Fsp3) is 0.562. The summed E-state index contributed by atoms with van der Waals surface area (Å²) in [6.45, 7) is 1.76. The average Bonchev–Trinajstić information content (AvgIpc) is 2.81. The molecule has 0 spiro atoms. The largest absolute Gasteiger partial charge is 0.497 e.